The van der Waals surface area contributed by atoms with Crippen LogP contribution >= 0.6 is 0 Å². The van der Waals surface area contributed by atoms with Gasteiger partial charge in [-0.2, -0.15) is 0 Å². The molecule has 3 rings (SSSR count). The number of hydrogen-bond donors (Lipinski definition) is 0. The van der Waals surface area contributed by atoms with Crippen LogP contribution in [0.25, 0.3) is 0 Å². The molecule has 0 amide bonds. The number of ether oxygens (including phenoxy) is 1. The quantitative estimate of drug-likeness (QED) is 0.744. The monoisotopic (exact) mass is 252 g/mol. The van der Waals surface area contributed by atoms with Crippen LogP contribution in [0.1, 0.15) is 36.8 Å². The van der Waals surface area contributed by atoms with E-state index < -0.39 is 0 Å². The molecule has 0 aromatic heterocycles. The Bertz CT molecular complexity index is 528. The van der Waals surface area contributed by atoms with Gasteiger partial charge in [-0.3, -0.25) is 0 Å². The first-order valence-electron chi connectivity index (χ1n) is 7.09. The maximum absolute atomic E-state index is 5.88. The van der Waals surface area contributed by atoms with Crippen LogP contribution in [0.5, 0.6) is 5.75 Å². The van der Waals surface area contributed by atoms with Crippen LogP contribution in [-0.4, -0.2) is 0 Å². The summed E-state index contributed by atoms with van der Waals surface area (Å²) in [6, 6.07) is 18.9. The summed E-state index contributed by atoms with van der Waals surface area (Å²) in [5.74, 6) is 2.54. The van der Waals surface area contributed by atoms with E-state index in [0.717, 1.165) is 11.7 Å². The maximum atomic E-state index is 5.88. The standard InChI is InChI=1S/C18H20O/c1-14(16-10-11-16)17-8-5-9-18(12-17)19-13-15-6-3-2-4-7-15/h2-9,12,14,16H,10-11,13H2,1H3/t14-/m0/s1. The van der Waals surface area contributed by atoms with Crippen LogP contribution in [0.3, 0.4) is 0 Å². The highest BCUT2D eigenvalue weighted by molar-refractivity contribution is 5.31. The molecule has 1 saturated carbocycles. The Balaban J connectivity index is 1.66. The lowest BCUT2D eigenvalue weighted by atomic mass is 9.96. The Morgan fingerprint density at radius 1 is 1.05 bits per heavy atom. The third-order valence-electron chi connectivity index (χ3n) is 3.96. The molecule has 0 heterocycles. The normalized spacial score (nSPS) is 16.1. The summed E-state index contributed by atoms with van der Waals surface area (Å²) in [5.41, 5.74) is 2.62. The second kappa shape index (κ2) is 5.48. The molecule has 1 aliphatic carbocycles. The predicted octanol–water partition coefficient (Wildman–Crippen LogP) is 4.78. The van der Waals surface area contributed by atoms with Gasteiger partial charge in [-0.1, -0.05) is 49.4 Å². The van der Waals surface area contributed by atoms with Crippen molar-refractivity contribution >= 4 is 0 Å². The fourth-order valence-electron chi connectivity index (χ4n) is 2.50. The Labute approximate surface area is 115 Å². The van der Waals surface area contributed by atoms with E-state index in [4.69, 9.17) is 4.74 Å². The molecule has 98 valence electrons. The highest BCUT2D eigenvalue weighted by Gasteiger charge is 2.28. The fraction of sp³-hybridized carbons (Fsp3) is 0.333. The van der Waals surface area contributed by atoms with E-state index in [9.17, 15) is 0 Å². The minimum absolute atomic E-state index is 0.641. The van der Waals surface area contributed by atoms with Crippen LogP contribution in [0.2, 0.25) is 0 Å². The van der Waals surface area contributed by atoms with E-state index >= 15 is 0 Å². The van der Waals surface area contributed by atoms with Crippen LogP contribution in [-0.2, 0) is 6.61 Å². The number of rotatable bonds is 5. The molecule has 1 fully saturated rings. The largest absolute Gasteiger partial charge is 0.489 e. The smallest absolute Gasteiger partial charge is 0.120 e. The lowest BCUT2D eigenvalue weighted by Crippen LogP contribution is -1.98. The zero-order chi connectivity index (χ0) is 13.1. The first-order valence-corrected chi connectivity index (χ1v) is 7.09. The van der Waals surface area contributed by atoms with Crippen molar-refractivity contribution in [3.63, 3.8) is 0 Å². The molecule has 0 radical (unpaired) electrons. The molecule has 1 heteroatoms. The van der Waals surface area contributed by atoms with Crippen LogP contribution in [0.15, 0.2) is 54.6 Å². The van der Waals surface area contributed by atoms with Crippen LogP contribution < -0.4 is 4.74 Å². The molecule has 0 N–H and O–H groups in total. The third kappa shape index (κ3) is 3.17. The lowest BCUT2D eigenvalue weighted by Gasteiger charge is -2.13. The van der Waals surface area contributed by atoms with Crippen molar-refractivity contribution in [2.24, 2.45) is 5.92 Å². The van der Waals surface area contributed by atoms with Crippen molar-refractivity contribution in [3.05, 3.63) is 65.7 Å². The van der Waals surface area contributed by atoms with Gasteiger partial charge in [0.2, 0.25) is 0 Å². The van der Waals surface area contributed by atoms with Gasteiger partial charge in [0, 0.05) is 0 Å². The van der Waals surface area contributed by atoms with E-state index in [1.807, 2.05) is 24.3 Å². The average molecular weight is 252 g/mol. The fourth-order valence-corrected chi connectivity index (χ4v) is 2.50. The second-order valence-electron chi connectivity index (χ2n) is 5.47. The van der Waals surface area contributed by atoms with Gasteiger partial charge < -0.3 is 4.74 Å². The molecule has 0 saturated heterocycles. The molecule has 19 heavy (non-hydrogen) atoms. The van der Waals surface area contributed by atoms with Gasteiger partial charge in [0.1, 0.15) is 12.4 Å². The summed E-state index contributed by atoms with van der Waals surface area (Å²) in [7, 11) is 0. The Hall–Kier alpha value is -1.76. The molecule has 0 bridgehead atoms. The summed E-state index contributed by atoms with van der Waals surface area (Å²) in [6.07, 6.45) is 2.77. The molecule has 1 atom stereocenters. The lowest BCUT2D eigenvalue weighted by molar-refractivity contribution is 0.305. The minimum atomic E-state index is 0.641. The number of hydrogen-bond acceptors (Lipinski definition) is 1. The molecule has 2 aromatic carbocycles. The van der Waals surface area contributed by atoms with E-state index in [0.29, 0.717) is 12.5 Å². The van der Waals surface area contributed by atoms with Gasteiger partial charge >= 0.3 is 0 Å². The summed E-state index contributed by atoms with van der Waals surface area (Å²) in [5, 5.41) is 0. The summed E-state index contributed by atoms with van der Waals surface area (Å²) in [4.78, 5) is 0. The van der Waals surface area contributed by atoms with Gasteiger partial charge in [0.15, 0.2) is 0 Å². The number of benzene rings is 2. The second-order valence-corrected chi connectivity index (χ2v) is 5.47. The SMILES string of the molecule is C[C@H](c1cccc(OCc2ccccc2)c1)C1CC1. The molecule has 2 aromatic rings. The van der Waals surface area contributed by atoms with E-state index in [1.54, 1.807) is 0 Å². The van der Waals surface area contributed by atoms with Crippen LogP contribution in [0.4, 0.5) is 0 Å². The Morgan fingerprint density at radius 2 is 1.84 bits per heavy atom. The van der Waals surface area contributed by atoms with E-state index in [1.165, 1.54) is 24.0 Å². The Kier molecular flexibility index (Phi) is 3.54. The van der Waals surface area contributed by atoms with E-state index in [-0.39, 0.29) is 0 Å². The van der Waals surface area contributed by atoms with Gasteiger partial charge in [-0.05, 0) is 47.9 Å². The highest BCUT2D eigenvalue weighted by Crippen LogP contribution is 2.42. The molecule has 1 aliphatic rings. The van der Waals surface area contributed by atoms with Crippen molar-refractivity contribution < 1.29 is 4.74 Å². The Morgan fingerprint density at radius 3 is 2.58 bits per heavy atom. The molecular weight excluding hydrogens is 232 g/mol. The van der Waals surface area contributed by atoms with Crippen molar-refractivity contribution in [2.45, 2.75) is 32.3 Å². The van der Waals surface area contributed by atoms with Gasteiger partial charge in [0.05, 0.1) is 0 Å². The molecular formula is C18H20O. The molecule has 0 spiro atoms. The van der Waals surface area contributed by atoms with Crippen molar-refractivity contribution in [1.29, 1.82) is 0 Å². The zero-order valence-electron chi connectivity index (χ0n) is 11.4. The van der Waals surface area contributed by atoms with Gasteiger partial charge in [-0.15, -0.1) is 0 Å². The minimum Gasteiger partial charge on any atom is -0.489 e. The maximum Gasteiger partial charge on any atom is 0.120 e. The predicted molar refractivity (Wildman–Crippen MR) is 78.4 cm³/mol. The first-order chi connectivity index (χ1) is 9.33. The molecule has 0 unspecified atom stereocenters. The highest BCUT2D eigenvalue weighted by atomic mass is 16.5. The zero-order valence-corrected chi connectivity index (χ0v) is 11.4. The first kappa shape index (κ1) is 12.3. The van der Waals surface area contributed by atoms with Crippen molar-refractivity contribution in [1.82, 2.24) is 0 Å². The van der Waals surface area contributed by atoms with Crippen molar-refractivity contribution in [3.8, 4) is 5.75 Å². The van der Waals surface area contributed by atoms with Gasteiger partial charge in [0.25, 0.3) is 0 Å². The summed E-state index contributed by atoms with van der Waals surface area (Å²) < 4.78 is 5.88. The van der Waals surface area contributed by atoms with Crippen molar-refractivity contribution in [2.75, 3.05) is 0 Å². The topological polar surface area (TPSA) is 9.23 Å². The van der Waals surface area contributed by atoms with E-state index in [2.05, 4.69) is 37.3 Å². The molecule has 0 aliphatic heterocycles. The molecule has 1 nitrogen and oxygen atoms in total. The summed E-state index contributed by atoms with van der Waals surface area (Å²) in [6.45, 7) is 2.97. The van der Waals surface area contributed by atoms with Gasteiger partial charge in [-0.25, -0.2) is 0 Å². The average Bonchev–Trinajstić information content (AvgIpc) is 3.30. The summed E-state index contributed by atoms with van der Waals surface area (Å²) >= 11 is 0. The third-order valence-corrected chi connectivity index (χ3v) is 3.96. The van der Waals surface area contributed by atoms with Crippen LogP contribution in [0, 0.1) is 5.92 Å².